The molecule has 0 fully saturated rings. The van der Waals surface area contributed by atoms with Crippen molar-refractivity contribution < 1.29 is 13.9 Å². The maximum absolute atomic E-state index is 11.5. The Bertz CT molecular complexity index is 695. The third kappa shape index (κ3) is 2.92. The lowest BCUT2D eigenvalue weighted by Crippen LogP contribution is -2.30. The number of allylic oxidation sites excluding steroid dienone is 2. The second-order valence-corrected chi connectivity index (χ2v) is 3.97. The van der Waals surface area contributed by atoms with Crippen LogP contribution in [-0.2, 0) is 9.53 Å². The predicted octanol–water partition coefficient (Wildman–Crippen LogP) is 1.27. The standard InChI is InChI=1S/C14H14N4O3/c1-4-9(13(16-2)20-3)11-6-5-8(21-11)7-10-12(19)18-14(15)17-10/h4-7H,1-2H2,3H3,(H3,15,17,18,19)/b10-7+,13-9-. The number of carbonyl (C=O) groups excluding carboxylic acids is 1. The number of nitrogens with zero attached hydrogens (tertiary/aromatic N) is 2. The first kappa shape index (κ1) is 14.3. The van der Waals surface area contributed by atoms with Crippen LogP contribution in [0.5, 0.6) is 0 Å². The quantitative estimate of drug-likeness (QED) is 0.368. The number of guanidine groups is 1. The van der Waals surface area contributed by atoms with Gasteiger partial charge in [0.25, 0.3) is 5.91 Å². The number of ether oxygens (including phenoxy) is 1. The van der Waals surface area contributed by atoms with Crippen molar-refractivity contribution in [2.24, 2.45) is 15.7 Å². The molecule has 0 spiro atoms. The van der Waals surface area contributed by atoms with Crippen LogP contribution in [0.3, 0.4) is 0 Å². The molecule has 0 bridgehead atoms. The van der Waals surface area contributed by atoms with E-state index >= 15 is 0 Å². The molecule has 1 aliphatic rings. The van der Waals surface area contributed by atoms with E-state index in [2.05, 4.69) is 28.6 Å². The summed E-state index contributed by atoms with van der Waals surface area (Å²) in [4.78, 5) is 19.1. The number of nitrogens with one attached hydrogen (secondary N) is 1. The van der Waals surface area contributed by atoms with Gasteiger partial charge in [-0.1, -0.05) is 12.7 Å². The molecule has 0 unspecified atom stereocenters. The average molecular weight is 286 g/mol. The van der Waals surface area contributed by atoms with E-state index in [0.29, 0.717) is 23.0 Å². The van der Waals surface area contributed by atoms with Crippen LogP contribution >= 0.6 is 0 Å². The molecule has 21 heavy (non-hydrogen) atoms. The number of hydrogen-bond acceptors (Lipinski definition) is 6. The van der Waals surface area contributed by atoms with Crippen LogP contribution in [0, 0.1) is 0 Å². The van der Waals surface area contributed by atoms with E-state index in [9.17, 15) is 4.79 Å². The number of furan rings is 1. The first-order chi connectivity index (χ1) is 10.1. The van der Waals surface area contributed by atoms with E-state index in [1.54, 1.807) is 18.2 Å². The molecule has 0 radical (unpaired) electrons. The van der Waals surface area contributed by atoms with Gasteiger partial charge in [0, 0.05) is 6.08 Å². The number of methoxy groups -OCH3 is 1. The normalized spacial score (nSPS) is 17.1. The van der Waals surface area contributed by atoms with Gasteiger partial charge in [0.2, 0.25) is 11.8 Å². The first-order valence-electron chi connectivity index (χ1n) is 5.94. The van der Waals surface area contributed by atoms with Gasteiger partial charge in [-0.15, -0.1) is 0 Å². The highest BCUT2D eigenvalue weighted by atomic mass is 16.5. The molecule has 0 atom stereocenters. The molecule has 0 saturated carbocycles. The molecule has 0 aromatic carbocycles. The van der Waals surface area contributed by atoms with Gasteiger partial charge in [-0.05, 0) is 18.9 Å². The van der Waals surface area contributed by atoms with Crippen LogP contribution < -0.4 is 11.1 Å². The topological polar surface area (TPSA) is 102 Å². The molecule has 0 aliphatic carbocycles. The molecular formula is C14H14N4O3. The van der Waals surface area contributed by atoms with Gasteiger partial charge in [0.15, 0.2) is 0 Å². The van der Waals surface area contributed by atoms with Crippen LogP contribution in [0.15, 0.2) is 50.8 Å². The van der Waals surface area contributed by atoms with Gasteiger partial charge in [-0.2, -0.15) is 0 Å². The minimum atomic E-state index is -0.379. The second kappa shape index (κ2) is 5.91. The maximum atomic E-state index is 11.5. The first-order valence-corrected chi connectivity index (χ1v) is 5.94. The van der Waals surface area contributed by atoms with Crippen LogP contribution in [-0.4, -0.2) is 25.7 Å². The lowest BCUT2D eigenvalue weighted by molar-refractivity contribution is -0.115. The fourth-order valence-electron chi connectivity index (χ4n) is 1.75. The monoisotopic (exact) mass is 286 g/mol. The molecule has 7 nitrogen and oxygen atoms in total. The zero-order valence-corrected chi connectivity index (χ0v) is 11.4. The second-order valence-electron chi connectivity index (χ2n) is 3.97. The number of aliphatic imine (C=N–C) groups is 2. The summed E-state index contributed by atoms with van der Waals surface area (Å²) in [5, 5.41) is 2.37. The molecule has 1 amide bonds. The van der Waals surface area contributed by atoms with Gasteiger partial charge in [0.05, 0.1) is 12.7 Å². The third-order valence-electron chi connectivity index (χ3n) is 2.66. The summed E-state index contributed by atoms with van der Waals surface area (Å²) >= 11 is 0. The van der Waals surface area contributed by atoms with Gasteiger partial charge in [-0.3, -0.25) is 10.1 Å². The minimum absolute atomic E-state index is 0.0576. The SMILES string of the molecule is C=C/C(=C(\N=C)OC)c1ccc(/C=C2/N=C(N)NC2=O)o1. The van der Waals surface area contributed by atoms with Crippen molar-refractivity contribution >= 4 is 30.2 Å². The molecule has 0 saturated heterocycles. The van der Waals surface area contributed by atoms with Crippen molar-refractivity contribution in [1.82, 2.24) is 5.32 Å². The van der Waals surface area contributed by atoms with Crippen molar-refractivity contribution in [3.05, 3.63) is 47.9 Å². The number of rotatable bonds is 5. The zero-order chi connectivity index (χ0) is 15.4. The number of hydrogen-bond donors (Lipinski definition) is 2. The van der Waals surface area contributed by atoms with E-state index in [-0.39, 0.29) is 17.6 Å². The molecule has 2 rings (SSSR count). The molecule has 3 N–H and O–H groups in total. The molecule has 108 valence electrons. The predicted molar refractivity (Wildman–Crippen MR) is 80.1 cm³/mol. The summed E-state index contributed by atoms with van der Waals surface area (Å²) in [6, 6.07) is 3.38. The Hall–Kier alpha value is -3.09. The van der Waals surface area contributed by atoms with Crippen molar-refractivity contribution in [3.63, 3.8) is 0 Å². The highest BCUT2D eigenvalue weighted by molar-refractivity contribution is 6.13. The van der Waals surface area contributed by atoms with E-state index in [1.165, 1.54) is 13.2 Å². The highest BCUT2D eigenvalue weighted by Gasteiger charge is 2.18. The van der Waals surface area contributed by atoms with Crippen molar-refractivity contribution in [2.45, 2.75) is 0 Å². The Morgan fingerprint density at radius 2 is 2.33 bits per heavy atom. The van der Waals surface area contributed by atoms with E-state index < -0.39 is 0 Å². The van der Waals surface area contributed by atoms with Gasteiger partial charge < -0.3 is 14.9 Å². The molecular weight excluding hydrogens is 272 g/mol. The van der Waals surface area contributed by atoms with Crippen molar-refractivity contribution in [2.75, 3.05) is 7.11 Å². The number of nitrogens with two attached hydrogens (primary N) is 1. The summed E-state index contributed by atoms with van der Waals surface area (Å²) in [5.74, 6) is 0.890. The van der Waals surface area contributed by atoms with Crippen molar-refractivity contribution in [3.8, 4) is 0 Å². The Kier molecular flexibility index (Phi) is 4.03. The lowest BCUT2D eigenvalue weighted by atomic mass is 10.2. The third-order valence-corrected chi connectivity index (χ3v) is 2.66. The molecule has 7 heteroatoms. The molecule has 1 aromatic heterocycles. The van der Waals surface area contributed by atoms with Crippen LogP contribution in [0.2, 0.25) is 0 Å². The summed E-state index contributed by atoms with van der Waals surface area (Å²) in [5.41, 5.74) is 6.13. The van der Waals surface area contributed by atoms with Gasteiger partial charge in [0.1, 0.15) is 17.2 Å². The van der Waals surface area contributed by atoms with E-state index in [4.69, 9.17) is 14.9 Å². The maximum Gasteiger partial charge on any atom is 0.276 e. The molecule has 1 aromatic rings. The largest absolute Gasteiger partial charge is 0.480 e. The zero-order valence-electron chi connectivity index (χ0n) is 11.4. The Labute approximate surface area is 121 Å². The van der Waals surface area contributed by atoms with Crippen LogP contribution in [0.4, 0.5) is 0 Å². The molecule has 2 heterocycles. The Morgan fingerprint density at radius 1 is 1.57 bits per heavy atom. The van der Waals surface area contributed by atoms with E-state index in [1.807, 2.05) is 0 Å². The van der Waals surface area contributed by atoms with Crippen LogP contribution in [0.1, 0.15) is 11.5 Å². The fraction of sp³-hybridized carbons (Fsp3) is 0.0714. The highest BCUT2D eigenvalue weighted by Crippen LogP contribution is 2.24. The summed E-state index contributed by atoms with van der Waals surface area (Å²) in [7, 11) is 1.47. The Morgan fingerprint density at radius 3 is 2.86 bits per heavy atom. The van der Waals surface area contributed by atoms with Gasteiger partial charge in [-0.25, -0.2) is 9.98 Å². The van der Waals surface area contributed by atoms with Gasteiger partial charge >= 0.3 is 0 Å². The molecule has 1 aliphatic heterocycles. The summed E-state index contributed by atoms with van der Waals surface area (Å²) < 4.78 is 10.7. The number of amides is 1. The van der Waals surface area contributed by atoms with Crippen molar-refractivity contribution in [1.29, 1.82) is 0 Å². The average Bonchev–Trinajstić information content (AvgIpc) is 3.03. The van der Waals surface area contributed by atoms with Crippen LogP contribution in [0.25, 0.3) is 11.6 Å². The lowest BCUT2D eigenvalue weighted by Gasteiger charge is -2.03. The summed E-state index contributed by atoms with van der Waals surface area (Å²) in [6.07, 6.45) is 3.02. The fourth-order valence-corrected chi connectivity index (χ4v) is 1.75. The smallest absolute Gasteiger partial charge is 0.276 e. The van der Waals surface area contributed by atoms with E-state index in [0.717, 1.165) is 0 Å². The number of carbonyl (C=O) groups is 1. The Balaban J connectivity index is 2.37. The minimum Gasteiger partial charge on any atom is -0.480 e. The summed E-state index contributed by atoms with van der Waals surface area (Å²) in [6.45, 7) is 7.10.